The summed E-state index contributed by atoms with van der Waals surface area (Å²) in [5, 5.41) is 10.5. The Kier molecular flexibility index (Phi) is 2.10. The van der Waals surface area contributed by atoms with Gasteiger partial charge in [-0.2, -0.15) is 0 Å². The molecule has 2 aliphatic carbocycles. The minimum absolute atomic E-state index is 0.349. The van der Waals surface area contributed by atoms with Gasteiger partial charge in [0, 0.05) is 6.42 Å². The van der Waals surface area contributed by atoms with Crippen LogP contribution in [0.5, 0.6) is 0 Å². The van der Waals surface area contributed by atoms with E-state index in [9.17, 15) is 5.11 Å². The standard InChI is InChI=1S/C14H18O/c15-14(10-11-6-2-1-3-7-11)12-8-4-5-9-13(12)14/h1-3,6-7,12-13,15H,4-5,8-10H2. The maximum absolute atomic E-state index is 10.5. The summed E-state index contributed by atoms with van der Waals surface area (Å²) in [4.78, 5) is 0. The summed E-state index contributed by atoms with van der Waals surface area (Å²) in [7, 11) is 0. The second-order valence-corrected chi connectivity index (χ2v) is 5.15. The number of benzene rings is 1. The topological polar surface area (TPSA) is 20.2 Å². The van der Waals surface area contributed by atoms with Crippen molar-refractivity contribution in [1.82, 2.24) is 0 Å². The van der Waals surface area contributed by atoms with Crippen molar-refractivity contribution in [3.63, 3.8) is 0 Å². The van der Waals surface area contributed by atoms with Crippen molar-refractivity contribution >= 4 is 0 Å². The van der Waals surface area contributed by atoms with Crippen molar-refractivity contribution < 1.29 is 5.11 Å². The lowest BCUT2D eigenvalue weighted by molar-refractivity contribution is 0.119. The van der Waals surface area contributed by atoms with Crippen LogP contribution in [0.15, 0.2) is 30.3 Å². The quantitative estimate of drug-likeness (QED) is 0.782. The molecular weight excluding hydrogens is 184 g/mol. The first-order chi connectivity index (χ1) is 7.31. The van der Waals surface area contributed by atoms with Gasteiger partial charge in [0.15, 0.2) is 0 Å². The molecule has 0 aromatic heterocycles. The zero-order valence-corrected chi connectivity index (χ0v) is 9.02. The molecule has 0 spiro atoms. The zero-order chi connectivity index (χ0) is 10.3. The normalized spacial score (nSPS) is 38.5. The van der Waals surface area contributed by atoms with Crippen LogP contribution in [0.1, 0.15) is 31.2 Å². The number of hydrogen-bond acceptors (Lipinski definition) is 1. The van der Waals surface area contributed by atoms with Gasteiger partial charge in [0.2, 0.25) is 0 Å². The minimum atomic E-state index is -0.349. The molecule has 80 valence electrons. The van der Waals surface area contributed by atoms with Crippen LogP contribution in [0, 0.1) is 11.8 Å². The van der Waals surface area contributed by atoms with Crippen LogP contribution in [0.3, 0.4) is 0 Å². The summed E-state index contributed by atoms with van der Waals surface area (Å²) in [5.41, 5.74) is 0.937. The number of fused-ring (bicyclic) bond motifs is 1. The maximum atomic E-state index is 10.5. The Hall–Kier alpha value is -0.820. The summed E-state index contributed by atoms with van der Waals surface area (Å²) in [5.74, 6) is 1.21. The van der Waals surface area contributed by atoms with Crippen molar-refractivity contribution in [3.8, 4) is 0 Å². The SMILES string of the molecule is OC1(Cc2ccccc2)C2CCCCC21. The van der Waals surface area contributed by atoms with E-state index in [-0.39, 0.29) is 5.60 Å². The molecule has 3 rings (SSSR count). The van der Waals surface area contributed by atoms with Crippen LogP contribution < -0.4 is 0 Å². The van der Waals surface area contributed by atoms with Crippen LogP contribution in [0.4, 0.5) is 0 Å². The summed E-state index contributed by atoms with van der Waals surface area (Å²) in [6, 6.07) is 10.4. The Bertz CT molecular complexity index is 332. The lowest BCUT2D eigenvalue weighted by Crippen LogP contribution is -2.16. The third-order valence-corrected chi connectivity index (χ3v) is 4.27. The molecule has 15 heavy (non-hydrogen) atoms. The lowest BCUT2D eigenvalue weighted by atomic mass is 10.0. The molecule has 1 aromatic rings. The first-order valence-corrected chi connectivity index (χ1v) is 6.07. The molecule has 1 heteroatoms. The van der Waals surface area contributed by atoms with E-state index in [2.05, 4.69) is 24.3 Å². The van der Waals surface area contributed by atoms with Gasteiger partial charge in [-0.25, -0.2) is 0 Å². The van der Waals surface area contributed by atoms with Crippen molar-refractivity contribution in [3.05, 3.63) is 35.9 Å². The highest BCUT2D eigenvalue weighted by Crippen LogP contribution is 2.59. The molecule has 0 amide bonds. The Labute approximate surface area is 91.1 Å². The van der Waals surface area contributed by atoms with E-state index in [1.807, 2.05) is 6.07 Å². The Balaban J connectivity index is 1.74. The highest BCUT2D eigenvalue weighted by molar-refractivity contribution is 5.24. The van der Waals surface area contributed by atoms with Crippen molar-refractivity contribution in [2.24, 2.45) is 11.8 Å². The van der Waals surface area contributed by atoms with Gasteiger partial charge >= 0.3 is 0 Å². The number of hydrogen-bond donors (Lipinski definition) is 1. The third kappa shape index (κ3) is 1.50. The van der Waals surface area contributed by atoms with Crippen molar-refractivity contribution in [2.75, 3.05) is 0 Å². The van der Waals surface area contributed by atoms with Crippen LogP contribution in [0.2, 0.25) is 0 Å². The molecule has 2 aliphatic rings. The Morgan fingerprint density at radius 2 is 1.67 bits per heavy atom. The number of aliphatic hydroxyl groups is 1. The molecule has 1 N–H and O–H groups in total. The first-order valence-electron chi connectivity index (χ1n) is 6.07. The van der Waals surface area contributed by atoms with E-state index in [1.54, 1.807) is 0 Å². The van der Waals surface area contributed by atoms with Gasteiger partial charge in [0.1, 0.15) is 0 Å². The van der Waals surface area contributed by atoms with Gasteiger partial charge in [-0.1, -0.05) is 43.2 Å². The molecule has 1 aromatic carbocycles. The van der Waals surface area contributed by atoms with Gasteiger partial charge < -0.3 is 5.11 Å². The summed E-state index contributed by atoms with van der Waals surface area (Å²) in [6.07, 6.45) is 5.99. The fraction of sp³-hybridized carbons (Fsp3) is 0.571. The average molecular weight is 202 g/mol. The molecular formula is C14H18O. The molecule has 0 saturated heterocycles. The zero-order valence-electron chi connectivity index (χ0n) is 9.02. The molecule has 0 aliphatic heterocycles. The summed E-state index contributed by atoms with van der Waals surface area (Å²) >= 11 is 0. The fourth-order valence-corrected chi connectivity index (χ4v) is 3.40. The number of rotatable bonds is 2. The predicted octanol–water partition coefficient (Wildman–Crippen LogP) is 2.78. The van der Waals surface area contributed by atoms with Crippen LogP contribution in [0.25, 0.3) is 0 Å². The van der Waals surface area contributed by atoms with Gasteiger partial charge in [-0.3, -0.25) is 0 Å². The van der Waals surface area contributed by atoms with Crippen molar-refractivity contribution in [1.29, 1.82) is 0 Å². The summed E-state index contributed by atoms with van der Waals surface area (Å²) < 4.78 is 0. The molecule has 2 atom stereocenters. The Morgan fingerprint density at radius 3 is 2.27 bits per heavy atom. The Morgan fingerprint density at radius 1 is 1.07 bits per heavy atom. The third-order valence-electron chi connectivity index (χ3n) is 4.27. The lowest BCUT2D eigenvalue weighted by Gasteiger charge is -2.10. The highest BCUT2D eigenvalue weighted by Gasteiger charge is 2.63. The van der Waals surface area contributed by atoms with Crippen LogP contribution >= 0.6 is 0 Å². The molecule has 0 radical (unpaired) electrons. The van der Waals surface area contributed by atoms with E-state index in [1.165, 1.54) is 31.2 Å². The van der Waals surface area contributed by atoms with E-state index in [0.29, 0.717) is 11.8 Å². The molecule has 2 saturated carbocycles. The largest absolute Gasteiger partial charge is 0.389 e. The monoisotopic (exact) mass is 202 g/mol. The van der Waals surface area contributed by atoms with Crippen LogP contribution in [-0.2, 0) is 6.42 Å². The second-order valence-electron chi connectivity index (χ2n) is 5.15. The van der Waals surface area contributed by atoms with Crippen molar-refractivity contribution in [2.45, 2.75) is 37.7 Å². The minimum Gasteiger partial charge on any atom is -0.389 e. The highest BCUT2D eigenvalue weighted by atomic mass is 16.3. The molecule has 2 fully saturated rings. The van der Waals surface area contributed by atoms with Gasteiger partial charge in [0.05, 0.1) is 5.60 Å². The van der Waals surface area contributed by atoms with Gasteiger partial charge in [-0.05, 0) is 30.2 Å². The van der Waals surface area contributed by atoms with Gasteiger partial charge in [-0.15, -0.1) is 0 Å². The smallest absolute Gasteiger partial charge is 0.0751 e. The molecule has 0 heterocycles. The predicted molar refractivity (Wildman–Crippen MR) is 60.5 cm³/mol. The van der Waals surface area contributed by atoms with Crippen LogP contribution in [-0.4, -0.2) is 10.7 Å². The second kappa shape index (κ2) is 3.34. The van der Waals surface area contributed by atoms with Gasteiger partial charge in [0.25, 0.3) is 0 Å². The van der Waals surface area contributed by atoms with E-state index in [4.69, 9.17) is 0 Å². The van der Waals surface area contributed by atoms with E-state index < -0.39 is 0 Å². The average Bonchev–Trinajstić information content (AvgIpc) is 2.87. The molecule has 2 unspecified atom stereocenters. The molecule has 0 bridgehead atoms. The van der Waals surface area contributed by atoms with E-state index in [0.717, 1.165) is 6.42 Å². The molecule has 1 nitrogen and oxygen atoms in total. The fourth-order valence-electron chi connectivity index (χ4n) is 3.40. The first kappa shape index (κ1) is 9.41. The summed E-state index contributed by atoms with van der Waals surface area (Å²) in [6.45, 7) is 0. The van der Waals surface area contributed by atoms with E-state index >= 15 is 0 Å². The maximum Gasteiger partial charge on any atom is 0.0751 e.